The second kappa shape index (κ2) is 9.64. The number of furan rings is 1. The number of carboxylic acid groups (broad SMARTS) is 1. The van der Waals surface area contributed by atoms with E-state index in [0.717, 1.165) is 44.3 Å². The van der Waals surface area contributed by atoms with Crippen LogP contribution < -0.4 is 0 Å². The highest BCUT2D eigenvalue weighted by atomic mass is 16.4. The Balaban J connectivity index is 2.34. The first-order chi connectivity index (χ1) is 10.1. The number of hydrogen-bond donors (Lipinski definition) is 1. The van der Waals surface area contributed by atoms with Crippen molar-refractivity contribution in [3.63, 3.8) is 0 Å². The van der Waals surface area contributed by atoms with Crippen molar-refractivity contribution in [3.8, 4) is 0 Å². The van der Waals surface area contributed by atoms with Gasteiger partial charge < -0.3 is 9.52 Å². The molecule has 21 heavy (non-hydrogen) atoms. The van der Waals surface area contributed by atoms with Gasteiger partial charge in [0.1, 0.15) is 11.5 Å². The molecule has 0 spiro atoms. The molecule has 0 aromatic carbocycles. The number of aryl methyl sites for hydroxylation is 2. The van der Waals surface area contributed by atoms with Crippen molar-refractivity contribution in [3.05, 3.63) is 22.6 Å². The average Bonchev–Trinajstić information content (AvgIpc) is 2.71. The van der Waals surface area contributed by atoms with Crippen LogP contribution in [0.3, 0.4) is 0 Å². The molecule has 3 nitrogen and oxygen atoms in total. The molecule has 0 fully saturated rings. The number of carboxylic acids is 1. The van der Waals surface area contributed by atoms with Crippen molar-refractivity contribution in [1.29, 1.82) is 0 Å². The molecule has 0 aliphatic heterocycles. The molecule has 1 heterocycles. The zero-order valence-corrected chi connectivity index (χ0v) is 13.8. The fourth-order valence-electron chi connectivity index (χ4n) is 2.65. The molecule has 0 aliphatic rings. The number of carbonyl (C=O) groups is 1. The van der Waals surface area contributed by atoms with E-state index in [1.54, 1.807) is 0 Å². The average molecular weight is 294 g/mol. The summed E-state index contributed by atoms with van der Waals surface area (Å²) in [5, 5.41) is 8.59. The lowest BCUT2D eigenvalue weighted by Gasteiger charge is -2.00. The summed E-state index contributed by atoms with van der Waals surface area (Å²) < 4.78 is 6.04. The molecule has 0 bridgehead atoms. The molecule has 0 radical (unpaired) electrons. The zero-order valence-electron chi connectivity index (χ0n) is 13.8. The highest BCUT2D eigenvalue weighted by Gasteiger charge is 2.12. The molecule has 1 N–H and O–H groups in total. The monoisotopic (exact) mass is 294 g/mol. The van der Waals surface area contributed by atoms with Crippen molar-refractivity contribution < 1.29 is 14.3 Å². The Morgan fingerprint density at radius 3 is 1.95 bits per heavy atom. The first-order valence-corrected chi connectivity index (χ1v) is 8.35. The number of aliphatic carboxylic acids is 1. The van der Waals surface area contributed by atoms with E-state index >= 15 is 0 Å². The van der Waals surface area contributed by atoms with E-state index in [0.29, 0.717) is 6.42 Å². The molecular formula is C18H30O3. The maximum absolute atomic E-state index is 10.4. The Labute approximate surface area is 128 Å². The molecule has 1 rings (SSSR count). The Kier molecular flexibility index (Phi) is 8.17. The van der Waals surface area contributed by atoms with Crippen LogP contribution in [0.25, 0.3) is 0 Å². The standard InChI is InChI=1S/C18H30O3/c1-4-5-8-11-16-14(2)15(3)17(21-16)12-9-6-7-10-13-18(19)20/h4-13H2,1-3H3,(H,19,20). The fraction of sp³-hybridized carbons (Fsp3) is 0.722. The third-order valence-corrected chi connectivity index (χ3v) is 4.20. The van der Waals surface area contributed by atoms with Gasteiger partial charge in [0, 0.05) is 19.3 Å². The Morgan fingerprint density at radius 2 is 1.43 bits per heavy atom. The minimum atomic E-state index is -0.691. The van der Waals surface area contributed by atoms with Crippen LogP contribution >= 0.6 is 0 Å². The van der Waals surface area contributed by atoms with E-state index in [9.17, 15) is 4.79 Å². The maximum atomic E-state index is 10.4. The van der Waals surface area contributed by atoms with Gasteiger partial charge in [0.15, 0.2) is 0 Å². The van der Waals surface area contributed by atoms with E-state index in [4.69, 9.17) is 9.52 Å². The fourth-order valence-corrected chi connectivity index (χ4v) is 2.65. The molecule has 0 atom stereocenters. The van der Waals surface area contributed by atoms with E-state index in [-0.39, 0.29) is 0 Å². The van der Waals surface area contributed by atoms with Crippen LogP contribution in [0.4, 0.5) is 0 Å². The SMILES string of the molecule is CCCCCc1oc(CCCCCCC(=O)O)c(C)c1C. The van der Waals surface area contributed by atoms with Gasteiger partial charge in [-0.25, -0.2) is 0 Å². The summed E-state index contributed by atoms with van der Waals surface area (Å²) in [7, 11) is 0. The topological polar surface area (TPSA) is 50.4 Å². The summed E-state index contributed by atoms with van der Waals surface area (Å²) in [6.07, 6.45) is 9.98. The predicted molar refractivity (Wildman–Crippen MR) is 85.8 cm³/mol. The molecule has 120 valence electrons. The number of rotatable bonds is 11. The quantitative estimate of drug-likeness (QED) is 0.570. The minimum absolute atomic E-state index is 0.292. The predicted octanol–water partition coefficient (Wildman–Crippen LogP) is 5.21. The first kappa shape index (κ1) is 17.8. The van der Waals surface area contributed by atoms with Crippen LogP contribution in [0.2, 0.25) is 0 Å². The highest BCUT2D eigenvalue weighted by molar-refractivity contribution is 5.66. The van der Waals surface area contributed by atoms with Crippen LogP contribution in [-0.4, -0.2) is 11.1 Å². The van der Waals surface area contributed by atoms with Crippen molar-refractivity contribution in [2.75, 3.05) is 0 Å². The number of hydrogen-bond acceptors (Lipinski definition) is 2. The van der Waals surface area contributed by atoms with E-state index < -0.39 is 5.97 Å². The minimum Gasteiger partial charge on any atom is -0.481 e. The molecule has 1 aromatic rings. The van der Waals surface area contributed by atoms with Gasteiger partial charge in [-0.3, -0.25) is 4.79 Å². The van der Waals surface area contributed by atoms with Crippen LogP contribution in [0.1, 0.15) is 80.9 Å². The summed E-state index contributed by atoms with van der Waals surface area (Å²) in [6, 6.07) is 0. The van der Waals surface area contributed by atoms with E-state index in [2.05, 4.69) is 20.8 Å². The summed E-state index contributed by atoms with van der Waals surface area (Å²) in [5.41, 5.74) is 2.64. The van der Waals surface area contributed by atoms with Gasteiger partial charge in [-0.05, 0) is 44.2 Å². The molecule has 0 aliphatic carbocycles. The van der Waals surface area contributed by atoms with Crippen LogP contribution in [0.15, 0.2) is 4.42 Å². The van der Waals surface area contributed by atoms with Crippen LogP contribution in [-0.2, 0) is 17.6 Å². The summed E-state index contributed by atoms with van der Waals surface area (Å²) in [4.78, 5) is 10.4. The molecule has 0 amide bonds. The third-order valence-electron chi connectivity index (χ3n) is 4.20. The summed E-state index contributed by atoms with van der Waals surface area (Å²) in [5.74, 6) is 1.61. The lowest BCUT2D eigenvalue weighted by molar-refractivity contribution is -0.137. The second-order valence-electron chi connectivity index (χ2n) is 5.96. The Bertz CT molecular complexity index is 432. The van der Waals surface area contributed by atoms with Gasteiger partial charge in [-0.1, -0.05) is 32.6 Å². The van der Waals surface area contributed by atoms with Gasteiger partial charge in [0.25, 0.3) is 0 Å². The molecule has 0 unspecified atom stereocenters. The summed E-state index contributed by atoms with van der Waals surface area (Å²) in [6.45, 7) is 6.54. The van der Waals surface area contributed by atoms with Crippen molar-refractivity contribution in [1.82, 2.24) is 0 Å². The van der Waals surface area contributed by atoms with Gasteiger partial charge in [0.2, 0.25) is 0 Å². The van der Waals surface area contributed by atoms with E-state index in [1.165, 1.54) is 36.1 Å². The van der Waals surface area contributed by atoms with Gasteiger partial charge in [-0.15, -0.1) is 0 Å². The van der Waals surface area contributed by atoms with Crippen LogP contribution in [0.5, 0.6) is 0 Å². The molecular weight excluding hydrogens is 264 g/mol. The van der Waals surface area contributed by atoms with E-state index in [1.807, 2.05) is 0 Å². The van der Waals surface area contributed by atoms with Crippen molar-refractivity contribution in [2.24, 2.45) is 0 Å². The second-order valence-corrected chi connectivity index (χ2v) is 5.96. The Hall–Kier alpha value is -1.25. The van der Waals surface area contributed by atoms with Gasteiger partial charge in [-0.2, -0.15) is 0 Å². The van der Waals surface area contributed by atoms with Gasteiger partial charge in [0.05, 0.1) is 0 Å². The lowest BCUT2D eigenvalue weighted by Crippen LogP contribution is -1.94. The highest BCUT2D eigenvalue weighted by Crippen LogP contribution is 2.24. The Morgan fingerprint density at radius 1 is 0.905 bits per heavy atom. The normalized spacial score (nSPS) is 11.0. The van der Waals surface area contributed by atoms with Gasteiger partial charge >= 0.3 is 5.97 Å². The third kappa shape index (κ3) is 6.36. The van der Waals surface area contributed by atoms with Crippen LogP contribution in [0, 0.1) is 13.8 Å². The lowest BCUT2D eigenvalue weighted by atomic mass is 10.0. The molecule has 0 saturated carbocycles. The molecule has 1 aromatic heterocycles. The molecule has 0 saturated heterocycles. The zero-order chi connectivity index (χ0) is 15.7. The summed E-state index contributed by atoms with van der Waals surface area (Å²) >= 11 is 0. The maximum Gasteiger partial charge on any atom is 0.303 e. The smallest absolute Gasteiger partial charge is 0.303 e. The largest absolute Gasteiger partial charge is 0.481 e. The first-order valence-electron chi connectivity index (χ1n) is 8.35. The number of unbranched alkanes of at least 4 members (excludes halogenated alkanes) is 5. The van der Waals surface area contributed by atoms with Crippen molar-refractivity contribution >= 4 is 5.97 Å². The molecule has 3 heteroatoms. The van der Waals surface area contributed by atoms with Crippen molar-refractivity contribution in [2.45, 2.75) is 85.0 Å².